The Bertz CT molecular complexity index is 506. The number of halogens is 2. The molecule has 0 aliphatic carbocycles. The van der Waals surface area contributed by atoms with Gasteiger partial charge in [0.2, 0.25) is 5.88 Å². The molecule has 0 radical (unpaired) electrons. The van der Waals surface area contributed by atoms with Gasteiger partial charge in [-0.25, -0.2) is 9.37 Å². The van der Waals surface area contributed by atoms with E-state index < -0.39 is 5.82 Å². The number of fused-ring (bicyclic) bond motifs is 1. The van der Waals surface area contributed by atoms with Crippen molar-refractivity contribution in [2.45, 2.75) is 4.90 Å². The van der Waals surface area contributed by atoms with Crippen molar-refractivity contribution in [2.75, 3.05) is 7.11 Å². The van der Waals surface area contributed by atoms with E-state index in [0.29, 0.717) is 21.5 Å². The van der Waals surface area contributed by atoms with Crippen LogP contribution >= 0.6 is 21.7 Å². The average molecular weight is 244 g/mol. The Morgan fingerprint density at radius 2 is 2.27 bits per heavy atom. The maximum absolute atomic E-state index is 13.6. The van der Waals surface area contributed by atoms with Crippen LogP contribution in [-0.2, 0) is 0 Å². The second kappa shape index (κ2) is 4.24. The molecule has 1 heterocycles. The Labute approximate surface area is 94.9 Å². The third-order valence-corrected chi connectivity index (χ3v) is 3.07. The lowest BCUT2D eigenvalue weighted by Gasteiger charge is -2.07. The molecule has 0 bridgehead atoms. The van der Waals surface area contributed by atoms with Crippen molar-refractivity contribution in [1.82, 2.24) is 4.98 Å². The van der Waals surface area contributed by atoms with Crippen LogP contribution in [0.15, 0.2) is 29.3 Å². The van der Waals surface area contributed by atoms with Gasteiger partial charge < -0.3 is 4.74 Å². The lowest BCUT2D eigenvalue weighted by Crippen LogP contribution is -1.92. The van der Waals surface area contributed by atoms with Crippen LogP contribution in [-0.4, -0.2) is 12.1 Å². The van der Waals surface area contributed by atoms with Gasteiger partial charge in [-0.3, -0.25) is 0 Å². The average Bonchev–Trinajstić information content (AvgIpc) is 2.29. The summed E-state index contributed by atoms with van der Waals surface area (Å²) in [6.07, 6.45) is 1.14. The number of rotatable bonds is 2. The minimum absolute atomic E-state index is 0.394. The van der Waals surface area contributed by atoms with Crippen LogP contribution in [0.4, 0.5) is 4.39 Å². The van der Waals surface area contributed by atoms with Gasteiger partial charge in [0.15, 0.2) is 5.82 Å². The fourth-order valence-corrected chi connectivity index (χ4v) is 2.23. The molecule has 0 spiro atoms. The summed E-state index contributed by atoms with van der Waals surface area (Å²) in [6, 6.07) is 5.29. The molecule has 2 rings (SSSR count). The largest absolute Gasteiger partial charge is 0.481 e. The summed E-state index contributed by atoms with van der Waals surface area (Å²) >= 11 is 0. The number of aromatic nitrogens is 1. The van der Waals surface area contributed by atoms with Gasteiger partial charge in [0.25, 0.3) is 0 Å². The van der Waals surface area contributed by atoms with Crippen molar-refractivity contribution in [3.63, 3.8) is 0 Å². The molecule has 2 nitrogen and oxygen atoms in total. The van der Waals surface area contributed by atoms with Crippen LogP contribution in [0.25, 0.3) is 10.8 Å². The topological polar surface area (TPSA) is 22.1 Å². The van der Waals surface area contributed by atoms with Gasteiger partial charge in [-0.2, -0.15) is 0 Å². The first-order valence-corrected chi connectivity index (χ1v) is 5.82. The standard InChI is InChI=1S/C10H7ClFNOS/c1-14-10-6-3-2-4-8(15-11)9(6)7(12)5-13-10/h2-5H,1H3. The van der Waals surface area contributed by atoms with E-state index in [1.165, 1.54) is 7.11 Å². The molecule has 0 atom stereocenters. The molecule has 0 saturated carbocycles. The van der Waals surface area contributed by atoms with Crippen molar-refractivity contribution in [3.05, 3.63) is 30.2 Å². The second-order valence-electron chi connectivity index (χ2n) is 2.87. The lowest BCUT2D eigenvalue weighted by molar-refractivity contribution is 0.402. The molecule has 0 aliphatic rings. The third-order valence-electron chi connectivity index (χ3n) is 2.07. The van der Waals surface area contributed by atoms with Crippen LogP contribution in [0.1, 0.15) is 0 Å². The zero-order valence-electron chi connectivity index (χ0n) is 7.83. The Kier molecular flexibility index (Phi) is 2.98. The molecule has 0 aliphatic heterocycles. The Balaban J connectivity index is 2.86. The zero-order chi connectivity index (χ0) is 10.8. The normalized spacial score (nSPS) is 10.6. The first-order chi connectivity index (χ1) is 7.27. The van der Waals surface area contributed by atoms with Crippen molar-refractivity contribution >= 4 is 32.4 Å². The molecule has 1 aromatic carbocycles. The molecule has 1 aromatic heterocycles. The van der Waals surface area contributed by atoms with Crippen LogP contribution in [0.2, 0.25) is 0 Å². The van der Waals surface area contributed by atoms with Crippen LogP contribution in [0.5, 0.6) is 5.88 Å². The van der Waals surface area contributed by atoms with Gasteiger partial charge in [-0.1, -0.05) is 6.07 Å². The highest BCUT2D eigenvalue weighted by Crippen LogP contribution is 2.34. The molecule has 15 heavy (non-hydrogen) atoms. The van der Waals surface area contributed by atoms with E-state index in [4.69, 9.17) is 15.4 Å². The summed E-state index contributed by atoms with van der Waals surface area (Å²) in [7, 11) is 8.14. The van der Waals surface area contributed by atoms with E-state index in [2.05, 4.69) is 4.98 Å². The third kappa shape index (κ3) is 1.75. The van der Waals surface area contributed by atoms with Gasteiger partial charge >= 0.3 is 0 Å². The van der Waals surface area contributed by atoms with E-state index >= 15 is 0 Å². The molecule has 0 N–H and O–H groups in total. The van der Waals surface area contributed by atoms with Gasteiger partial charge in [0, 0.05) is 15.7 Å². The number of nitrogens with zero attached hydrogens (tertiary/aromatic N) is 1. The first-order valence-electron chi connectivity index (χ1n) is 4.17. The highest BCUT2D eigenvalue weighted by molar-refractivity contribution is 8.21. The van der Waals surface area contributed by atoms with E-state index in [9.17, 15) is 4.39 Å². The SMILES string of the molecule is COc1ncc(F)c2c(SCl)cccc12. The van der Waals surface area contributed by atoms with E-state index in [0.717, 1.165) is 17.2 Å². The minimum atomic E-state index is -0.394. The highest BCUT2D eigenvalue weighted by atomic mass is 35.7. The van der Waals surface area contributed by atoms with E-state index in [-0.39, 0.29) is 0 Å². The van der Waals surface area contributed by atoms with E-state index in [1.807, 2.05) is 0 Å². The fourth-order valence-electron chi connectivity index (χ4n) is 1.43. The Morgan fingerprint density at radius 3 is 2.93 bits per heavy atom. The van der Waals surface area contributed by atoms with Gasteiger partial charge in [-0.15, -0.1) is 0 Å². The number of methoxy groups -OCH3 is 1. The molecule has 0 unspecified atom stereocenters. The molecule has 0 fully saturated rings. The summed E-state index contributed by atoms with van der Waals surface area (Å²) < 4.78 is 18.6. The lowest BCUT2D eigenvalue weighted by atomic mass is 10.1. The minimum Gasteiger partial charge on any atom is -0.481 e. The summed E-state index contributed by atoms with van der Waals surface area (Å²) in [5, 5.41) is 1.08. The maximum Gasteiger partial charge on any atom is 0.221 e. The zero-order valence-corrected chi connectivity index (χ0v) is 9.40. The molecular weight excluding hydrogens is 237 g/mol. The molecule has 0 saturated heterocycles. The van der Waals surface area contributed by atoms with Gasteiger partial charge in [0.1, 0.15) is 0 Å². The van der Waals surface area contributed by atoms with Gasteiger partial charge in [0.05, 0.1) is 13.3 Å². The predicted molar refractivity (Wildman–Crippen MR) is 60.0 cm³/mol. The summed E-state index contributed by atoms with van der Waals surface area (Å²) in [5.41, 5.74) is 0. The number of pyridine rings is 1. The number of hydrogen-bond acceptors (Lipinski definition) is 3. The fraction of sp³-hybridized carbons (Fsp3) is 0.100. The molecule has 5 heteroatoms. The predicted octanol–water partition coefficient (Wildman–Crippen LogP) is 3.63. The van der Waals surface area contributed by atoms with Crippen molar-refractivity contribution in [2.24, 2.45) is 0 Å². The summed E-state index contributed by atoms with van der Waals surface area (Å²) in [4.78, 5) is 4.51. The summed E-state index contributed by atoms with van der Waals surface area (Å²) in [6.45, 7) is 0. The maximum atomic E-state index is 13.6. The second-order valence-corrected chi connectivity index (χ2v) is 3.93. The first kappa shape index (κ1) is 10.5. The highest BCUT2D eigenvalue weighted by Gasteiger charge is 2.11. The Morgan fingerprint density at radius 1 is 1.47 bits per heavy atom. The van der Waals surface area contributed by atoms with Crippen molar-refractivity contribution in [1.29, 1.82) is 0 Å². The molecule has 2 aromatic rings. The van der Waals surface area contributed by atoms with Crippen LogP contribution in [0, 0.1) is 5.82 Å². The van der Waals surface area contributed by atoms with Crippen LogP contribution in [0.3, 0.4) is 0 Å². The monoisotopic (exact) mass is 243 g/mol. The summed E-state index contributed by atoms with van der Waals surface area (Å²) in [5.74, 6) is 0.00789. The molecule has 78 valence electrons. The smallest absolute Gasteiger partial charge is 0.221 e. The van der Waals surface area contributed by atoms with E-state index in [1.54, 1.807) is 18.2 Å². The Hall–Kier alpha value is -1.00. The van der Waals surface area contributed by atoms with Gasteiger partial charge in [-0.05, 0) is 33.8 Å². The van der Waals surface area contributed by atoms with Crippen molar-refractivity contribution in [3.8, 4) is 5.88 Å². The number of hydrogen-bond donors (Lipinski definition) is 0. The van der Waals surface area contributed by atoms with Crippen molar-refractivity contribution < 1.29 is 9.13 Å². The number of ether oxygens (including phenoxy) is 1. The number of benzene rings is 1. The quantitative estimate of drug-likeness (QED) is 0.804. The molecular formula is C10H7ClFNOS. The molecule has 0 amide bonds. The van der Waals surface area contributed by atoms with Crippen LogP contribution < -0.4 is 4.74 Å².